The van der Waals surface area contributed by atoms with Crippen molar-refractivity contribution in [3.63, 3.8) is 0 Å². The number of pyridine rings is 1. The lowest BCUT2D eigenvalue weighted by molar-refractivity contribution is 0.414. The minimum absolute atomic E-state index is 0.216. The highest BCUT2D eigenvalue weighted by atomic mass is 32.2. The van der Waals surface area contributed by atoms with E-state index in [1.165, 1.54) is 19.2 Å². The molecular formula is C16H17N3O3S. The summed E-state index contributed by atoms with van der Waals surface area (Å²) in [4.78, 5) is 4.66. The van der Waals surface area contributed by atoms with Crippen molar-refractivity contribution < 1.29 is 13.2 Å². The average Bonchev–Trinajstić information content (AvgIpc) is 2.97. The van der Waals surface area contributed by atoms with Crippen molar-refractivity contribution in [2.45, 2.75) is 11.3 Å². The maximum Gasteiger partial charge on any atom is 0.240 e. The van der Waals surface area contributed by atoms with E-state index in [9.17, 15) is 8.42 Å². The quantitative estimate of drug-likeness (QED) is 0.748. The van der Waals surface area contributed by atoms with Crippen molar-refractivity contribution in [1.29, 1.82) is 0 Å². The second-order valence-electron chi connectivity index (χ2n) is 5.02. The molecule has 0 saturated carbocycles. The molecule has 1 aromatic carbocycles. The van der Waals surface area contributed by atoms with Crippen molar-refractivity contribution >= 4 is 15.7 Å². The van der Waals surface area contributed by atoms with E-state index in [1.54, 1.807) is 12.1 Å². The van der Waals surface area contributed by atoms with Gasteiger partial charge in [0.25, 0.3) is 0 Å². The van der Waals surface area contributed by atoms with Crippen LogP contribution in [0, 0.1) is 0 Å². The minimum Gasteiger partial charge on any atom is -0.497 e. The predicted molar refractivity (Wildman–Crippen MR) is 87.1 cm³/mol. The Bertz CT molecular complexity index is 869. The van der Waals surface area contributed by atoms with Crippen LogP contribution in [0.2, 0.25) is 0 Å². The lowest BCUT2D eigenvalue weighted by atomic mass is 10.3. The first kappa shape index (κ1) is 15.5. The van der Waals surface area contributed by atoms with Crippen molar-refractivity contribution in [2.24, 2.45) is 0 Å². The van der Waals surface area contributed by atoms with Gasteiger partial charge in [-0.1, -0.05) is 6.07 Å². The number of aromatic nitrogens is 2. The van der Waals surface area contributed by atoms with Crippen LogP contribution in [0.5, 0.6) is 5.75 Å². The van der Waals surface area contributed by atoms with E-state index in [2.05, 4.69) is 9.71 Å². The molecule has 2 aromatic heterocycles. The Kier molecular flexibility index (Phi) is 4.31. The second kappa shape index (κ2) is 6.39. The summed E-state index contributed by atoms with van der Waals surface area (Å²) in [6.45, 7) is 0.290. The van der Waals surface area contributed by atoms with Gasteiger partial charge >= 0.3 is 0 Å². The Morgan fingerprint density at radius 1 is 1.17 bits per heavy atom. The molecule has 0 unspecified atom stereocenters. The molecule has 0 amide bonds. The molecule has 0 spiro atoms. The summed E-state index contributed by atoms with van der Waals surface area (Å²) < 4.78 is 34.0. The molecule has 0 aliphatic heterocycles. The average molecular weight is 331 g/mol. The number of methoxy groups -OCH3 is 1. The number of nitrogens with zero attached hydrogens (tertiary/aromatic N) is 2. The van der Waals surface area contributed by atoms with E-state index in [1.807, 2.05) is 35.0 Å². The zero-order valence-electron chi connectivity index (χ0n) is 12.6. The second-order valence-corrected chi connectivity index (χ2v) is 6.79. The number of ether oxygens (including phenoxy) is 1. The number of fused-ring (bicyclic) bond motifs is 1. The molecule has 3 rings (SSSR count). The third-order valence-electron chi connectivity index (χ3n) is 3.46. The highest BCUT2D eigenvalue weighted by Crippen LogP contribution is 2.15. The molecule has 120 valence electrons. The molecule has 6 nitrogen and oxygen atoms in total. The standard InChI is InChI=1S/C16H17N3O3S/c1-22-14-5-7-15(8-6-14)23(20,21)17-10-9-13-12-19-11-3-2-4-16(19)18-13/h2-8,11-12,17H,9-10H2,1H3. The van der Waals surface area contributed by atoms with Gasteiger partial charge in [0.2, 0.25) is 10.0 Å². The number of imidazole rings is 1. The highest BCUT2D eigenvalue weighted by Gasteiger charge is 2.13. The van der Waals surface area contributed by atoms with E-state index in [0.717, 1.165) is 11.3 Å². The van der Waals surface area contributed by atoms with Gasteiger partial charge in [-0.05, 0) is 36.4 Å². The smallest absolute Gasteiger partial charge is 0.240 e. The molecule has 0 radical (unpaired) electrons. The fourth-order valence-electron chi connectivity index (χ4n) is 2.26. The Morgan fingerprint density at radius 2 is 1.96 bits per heavy atom. The molecular weight excluding hydrogens is 314 g/mol. The van der Waals surface area contributed by atoms with Gasteiger partial charge in [0.1, 0.15) is 11.4 Å². The molecule has 0 atom stereocenters. The molecule has 23 heavy (non-hydrogen) atoms. The maximum atomic E-state index is 12.2. The fourth-order valence-corrected chi connectivity index (χ4v) is 3.29. The molecule has 0 aliphatic carbocycles. The number of hydrogen-bond donors (Lipinski definition) is 1. The van der Waals surface area contributed by atoms with Crippen LogP contribution < -0.4 is 9.46 Å². The molecule has 7 heteroatoms. The summed E-state index contributed by atoms with van der Waals surface area (Å²) in [5.74, 6) is 0.619. The number of hydrogen-bond acceptors (Lipinski definition) is 4. The molecule has 0 fully saturated rings. The van der Waals surface area contributed by atoms with Crippen molar-refractivity contribution in [1.82, 2.24) is 14.1 Å². The lowest BCUT2D eigenvalue weighted by Gasteiger charge is -2.06. The monoisotopic (exact) mass is 331 g/mol. The molecule has 1 N–H and O–H groups in total. The SMILES string of the molecule is COc1ccc(S(=O)(=O)NCCc2cn3ccccc3n2)cc1. The zero-order chi connectivity index (χ0) is 16.3. The molecule has 2 heterocycles. The van der Waals surface area contributed by atoms with Gasteiger partial charge in [-0.15, -0.1) is 0 Å². The molecule has 0 bridgehead atoms. The van der Waals surface area contributed by atoms with Gasteiger partial charge in [-0.25, -0.2) is 18.1 Å². The third kappa shape index (κ3) is 3.52. The molecule has 0 saturated heterocycles. The van der Waals surface area contributed by atoms with Crippen LogP contribution in [0.1, 0.15) is 5.69 Å². The van der Waals surface area contributed by atoms with Gasteiger partial charge in [0, 0.05) is 25.4 Å². The van der Waals surface area contributed by atoms with Crippen molar-refractivity contribution in [2.75, 3.05) is 13.7 Å². The summed E-state index contributed by atoms with van der Waals surface area (Å²) in [6, 6.07) is 12.0. The maximum absolute atomic E-state index is 12.2. The largest absolute Gasteiger partial charge is 0.497 e. The normalized spacial score (nSPS) is 11.7. The van der Waals surface area contributed by atoms with E-state index < -0.39 is 10.0 Å². The number of rotatable bonds is 6. The van der Waals surface area contributed by atoms with Crippen molar-refractivity contribution in [3.05, 3.63) is 60.6 Å². The summed E-state index contributed by atoms with van der Waals surface area (Å²) in [5, 5.41) is 0. The van der Waals surface area contributed by atoms with Gasteiger partial charge in [0.15, 0.2) is 0 Å². The van der Waals surface area contributed by atoms with Crippen LogP contribution in [0.3, 0.4) is 0 Å². The lowest BCUT2D eigenvalue weighted by Crippen LogP contribution is -2.26. The van der Waals surface area contributed by atoms with E-state index >= 15 is 0 Å². The molecule has 3 aromatic rings. The molecule has 0 aliphatic rings. The number of benzene rings is 1. The van der Waals surface area contributed by atoms with Crippen LogP contribution in [0.25, 0.3) is 5.65 Å². The van der Waals surface area contributed by atoms with Crippen molar-refractivity contribution in [3.8, 4) is 5.75 Å². The number of sulfonamides is 1. The van der Waals surface area contributed by atoms with Crippen LogP contribution in [0.4, 0.5) is 0 Å². The Balaban J connectivity index is 1.64. The highest BCUT2D eigenvalue weighted by molar-refractivity contribution is 7.89. The zero-order valence-corrected chi connectivity index (χ0v) is 13.5. The van der Waals surface area contributed by atoms with E-state index in [0.29, 0.717) is 12.2 Å². The van der Waals surface area contributed by atoms with Gasteiger partial charge in [-0.3, -0.25) is 0 Å². The summed E-state index contributed by atoms with van der Waals surface area (Å²) in [5.41, 5.74) is 1.69. The van der Waals surface area contributed by atoms with Crippen LogP contribution >= 0.6 is 0 Å². The first-order chi connectivity index (χ1) is 11.1. The van der Waals surface area contributed by atoms with E-state index in [-0.39, 0.29) is 11.4 Å². The first-order valence-electron chi connectivity index (χ1n) is 7.15. The van der Waals surface area contributed by atoms with E-state index in [4.69, 9.17) is 4.74 Å². The Hall–Kier alpha value is -2.38. The third-order valence-corrected chi connectivity index (χ3v) is 4.93. The minimum atomic E-state index is -3.53. The number of nitrogens with one attached hydrogen (secondary N) is 1. The van der Waals surface area contributed by atoms with Gasteiger partial charge in [-0.2, -0.15) is 0 Å². The summed E-state index contributed by atoms with van der Waals surface area (Å²) in [7, 11) is -1.99. The van der Waals surface area contributed by atoms with Crippen LogP contribution in [0.15, 0.2) is 59.8 Å². The summed E-state index contributed by atoms with van der Waals surface area (Å²) >= 11 is 0. The van der Waals surface area contributed by atoms with Gasteiger partial charge < -0.3 is 9.14 Å². The summed E-state index contributed by atoms with van der Waals surface area (Å²) in [6.07, 6.45) is 4.33. The first-order valence-corrected chi connectivity index (χ1v) is 8.63. The van der Waals surface area contributed by atoms with Gasteiger partial charge in [0.05, 0.1) is 17.7 Å². The van der Waals surface area contributed by atoms with Crippen LogP contribution in [-0.2, 0) is 16.4 Å². The fraction of sp³-hybridized carbons (Fsp3) is 0.188. The Labute approximate surface area is 134 Å². The predicted octanol–water partition coefficient (Wildman–Crippen LogP) is 1.86. The topological polar surface area (TPSA) is 72.7 Å². The van der Waals surface area contributed by atoms with Crippen LogP contribution in [-0.4, -0.2) is 31.5 Å². The Morgan fingerprint density at radius 3 is 2.65 bits per heavy atom.